The minimum Gasteiger partial charge on any atom is -0.496 e. The van der Waals surface area contributed by atoms with Crippen molar-refractivity contribution in [3.8, 4) is 11.5 Å². The largest absolute Gasteiger partial charge is 0.496 e. The van der Waals surface area contributed by atoms with Crippen LogP contribution in [0.25, 0.3) is 0 Å². The van der Waals surface area contributed by atoms with Crippen molar-refractivity contribution >= 4 is 5.91 Å². The third kappa shape index (κ3) is 3.91. The van der Waals surface area contributed by atoms with Crippen LogP contribution in [0.2, 0.25) is 0 Å². The third-order valence-corrected chi connectivity index (χ3v) is 4.43. The van der Waals surface area contributed by atoms with E-state index in [1.165, 1.54) is 0 Å². The lowest BCUT2D eigenvalue weighted by atomic mass is 9.97. The zero-order valence-corrected chi connectivity index (χ0v) is 15.4. The molecule has 0 atom stereocenters. The van der Waals surface area contributed by atoms with Crippen molar-refractivity contribution in [1.82, 2.24) is 10.3 Å². The molecule has 0 saturated carbocycles. The van der Waals surface area contributed by atoms with Crippen LogP contribution in [-0.4, -0.2) is 25.1 Å². The van der Waals surface area contributed by atoms with Gasteiger partial charge in [-0.25, -0.2) is 0 Å². The molecule has 1 aromatic carbocycles. The maximum atomic E-state index is 11.1. The van der Waals surface area contributed by atoms with Crippen LogP contribution in [0.15, 0.2) is 18.3 Å². The molecule has 6 nitrogen and oxygen atoms in total. The maximum absolute atomic E-state index is 11.1. The molecule has 6 heteroatoms. The summed E-state index contributed by atoms with van der Waals surface area (Å²) in [5.74, 6) is 1.25. The van der Waals surface area contributed by atoms with Gasteiger partial charge in [-0.15, -0.1) is 0 Å². The fourth-order valence-corrected chi connectivity index (χ4v) is 2.96. The molecule has 0 aliphatic carbocycles. The van der Waals surface area contributed by atoms with E-state index < -0.39 is 5.91 Å². The first kappa shape index (κ1) is 18.7. The number of carbonyl (C=O) groups is 1. The number of ether oxygens (including phenoxy) is 2. The topological polar surface area (TPSA) is 86.5 Å². The average molecular weight is 343 g/mol. The second-order valence-electron chi connectivity index (χ2n) is 5.94. The monoisotopic (exact) mass is 343 g/mol. The molecule has 1 heterocycles. The molecule has 134 valence electrons. The van der Waals surface area contributed by atoms with Gasteiger partial charge in [-0.2, -0.15) is 0 Å². The Morgan fingerprint density at radius 2 is 1.68 bits per heavy atom. The highest BCUT2D eigenvalue weighted by Crippen LogP contribution is 2.37. The lowest BCUT2D eigenvalue weighted by Crippen LogP contribution is -2.17. The summed E-state index contributed by atoms with van der Waals surface area (Å²) in [6, 6.07) is 3.47. The number of nitrogens with two attached hydrogens (primary N) is 1. The van der Waals surface area contributed by atoms with Crippen molar-refractivity contribution < 1.29 is 14.3 Å². The fourth-order valence-electron chi connectivity index (χ4n) is 2.96. The van der Waals surface area contributed by atoms with Gasteiger partial charge in [-0.05, 0) is 49.1 Å². The number of amides is 1. The second-order valence-corrected chi connectivity index (χ2v) is 5.94. The summed E-state index contributed by atoms with van der Waals surface area (Å²) >= 11 is 0. The summed E-state index contributed by atoms with van der Waals surface area (Å²) in [5.41, 5.74) is 10.7. The first-order valence-electron chi connectivity index (χ1n) is 8.06. The van der Waals surface area contributed by atoms with E-state index in [-0.39, 0.29) is 5.69 Å². The molecule has 0 bridgehead atoms. The summed E-state index contributed by atoms with van der Waals surface area (Å²) < 4.78 is 11.2. The van der Waals surface area contributed by atoms with Crippen LogP contribution in [0.5, 0.6) is 11.5 Å². The number of carbonyl (C=O) groups excluding carboxylic acids is 1. The van der Waals surface area contributed by atoms with Crippen LogP contribution in [0.1, 0.15) is 38.3 Å². The summed E-state index contributed by atoms with van der Waals surface area (Å²) in [4.78, 5) is 15.1. The zero-order chi connectivity index (χ0) is 18.6. The molecule has 2 aromatic rings. The van der Waals surface area contributed by atoms with Gasteiger partial charge in [-0.3, -0.25) is 9.78 Å². The summed E-state index contributed by atoms with van der Waals surface area (Å²) in [5, 5.41) is 3.39. The Morgan fingerprint density at radius 1 is 1.04 bits per heavy atom. The van der Waals surface area contributed by atoms with Gasteiger partial charge in [0.1, 0.15) is 17.2 Å². The molecule has 0 aliphatic heterocycles. The van der Waals surface area contributed by atoms with Crippen molar-refractivity contribution in [1.29, 1.82) is 0 Å². The molecule has 1 amide bonds. The molecule has 2 rings (SSSR count). The molecular weight excluding hydrogens is 318 g/mol. The number of primary amides is 1. The predicted molar refractivity (Wildman–Crippen MR) is 97.1 cm³/mol. The quantitative estimate of drug-likeness (QED) is 0.806. The van der Waals surface area contributed by atoms with E-state index in [0.717, 1.165) is 39.3 Å². The van der Waals surface area contributed by atoms with E-state index in [2.05, 4.69) is 10.3 Å². The standard InChI is InChI=1S/C19H25N3O3/c1-11-12(2)18(25-5)15(13(3)17(11)24-4)10-21-8-14-6-7-16(19(20)23)22-9-14/h6-7,9,21H,8,10H2,1-5H3,(H2,20,23). The molecule has 3 N–H and O–H groups in total. The zero-order valence-electron chi connectivity index (χ0n) is 15.4. The summed E-state index contributed by atoms with van der Waals surface area (Å²) in [6.45, 7) is 7.35. The first-order valence-corrected chi connectivity index (χ1v) is 8.06. The highest BCUT2D eigenvalue weighted by atomic mass is 16.5. The van der Waals surface area contributed by atoms with E-state index >= 15 is 0 Å². The molecule has 0 radical (unpaired) electrons. The minimum absolute atomic E-state index is 0.264. The van der Waals surface area contributed by atoms with Crippen molar-refractivity contribution in [2.24, 2.45) is 5.73 Å². The number of methoxy groups -OCH3 is 2. The lowest BCUT2D eigenvalue weighted by molar-refractivity contribution is 0.0995. The Hall–Kier alpha value is -2.60. The van der Waals surface area contributed by atoms with Crippen LogP contribution in [0.3, 0.4) is 0 Å². The number of benzene rings is 1. The summed E-state index contributed by atoms with van der Waals surface area (Å²) in [7, 11) is 3.37. The molecular formula is C19H25N3O3. The van der Waals surface area contributed by atoms with Crippen molar-refractivity contribution in [3.05, 3.63) is 51.8 Å². The minimum atomic E-state index is -0.526. The number of hydrogen-bond acceptors (Lipinski definition) is 5. The Morgan fingerprint density at radius 3 is 2.20 bits per heavy atom. The molecule has 0 spiro atoms. The van der Waals surface area contributed by atoms with Gasteiger partial charge in [0.25, 0.3) is 5.91 Å². The van der Waals surface area contributed by atoms with E-state index in [0.29, 0.717) is 13.1 Å². The molecule has 0 aliphatic rings. The lowest BCUT2D eigenvalue weighted by Gasteiger charge is -2.20. The Balaban J connectivity index is 2.17. The van der Waals surface area contributed by atoms with E-state index in [4.69, 9.17) is 15.2 Å². The smallest absolute Gasteiger partial charge is 0.267 e. The number of aromatic nitrogens is 1. The number of nitrogens with one attached hydrogen (secondary N) is 1. The van der Waals surface area contributed by atoms with Crippen LogP contribution in [0, 0.1) is 20.8 Å². The number of nitrogens with zero attached hydrogens (tertiary/aromatic N) is 1. The average Bonchev–Trinajstić information content (AvgIpc) is 2.60. The van der Waals surface area contributed by atoms with E-state index in [1.54, 1.807) is 26.5 Å². The van der Waals surface area contributed by atoms with Crippen LogP contribution < -0.4 is 20.5 Å². The van der Waals surface area contributed by atoms with Gasteiger partial charge < -0.3 is 20.5 Å². The molecule has 0 unspecified atom stereocenters. The number of pyridine rings is 1. The highest BCUT2D eigenvalue weighted by molar-refractivity contribution is 5.90. The van der Waals surface area contributed by atoms with E-state index in [9.17, 15) is 4.79 Å². The molecule has 0 saturated heterocycles. The number of hydrogen-bond donors (Lipinski definition) is 2. The normalized spacial score (nSPS) is 10.6. The van der Waals surface area contributed by atoms with Crippen LogP contribution in [-0.2, 0) is 13.1 Å². The number of rotatable bonds is 7. The molecule has 1 aromatic heterocycles. The maximum Gasteiger partial charge on any atom is 0.267 e. The molecule has 0 fully saturated rings. The van der Waals surface area contributed by atoms with Gasteiger partial charge in [0.15, 0.2) is 0 Å². The van der Waals surface area contributed by atoms with Crippen LogP contribution >= 0.6 is 0 Å². The van der Waals surface area contributed by atoms with Crippen molar-refractivity contribution in [3.63, 3.8) is 0 Å². The molecule has 25 heavy (non-hydrogen) atoms. The second kappa shape index (κ2) is 7.98. The Kier molecular flexibility index (Phi) is 5.98. The fraction of sp³-hybridized carbons (Fsp3) is 0.368. The van der Waals surface area contributed by atoms with E-state index in [1.807, 2.05) is 26.8 Å². The summed E-state index contributed by atoms with van der Waals surface area (Å²) in [6.07, 6.45) is 1.65. The SMILES string of the molecule is COc1c(C)c(C)c(OC)c(CNCc2ccc(C(N)=O)nc2)c1C. The van der Waals surface area contributed by atoms with Gasteiger partial charge in [0.05, 0.1) is 14.2 Å². The first-order chi connectivity index (χ1) is 11.9. The highest BCUT2D eigenvalue weighted by Gasteiger charge is 2.18. The van der Waals surface area contributed by atoms with Gasteiger partial charge in [-0.1, -0.05) is 6.07 Å². The Labute approximate surface area is 148 Å². The van der Waals surface area contributed by atoms with Gasteiger partial charge in [0.2, 0.25) is 0 Å². The van der Waals surface area contributed by atoms with Crippen LogP contribution in [0.4, 0.5) is 0 Å². The van der Waals surface area contributed by atoms with Crippen molar-refractivity contribution in [2.45, 2.75) is 33.9 Å². The Bertz CT molecular complexity index is 771. The van der Waals surface area contributed by atoms with Crippen molar-refractivity contribution in [2.75, 3.05) is 14.2 Å². The third-order valence-electron chi connectivity index (χ3n) is 4.43. The van der Waals surface area contributed by atoms with Gasteiger partial charge in [0, 0.05) is 24.8 Å². The predicted octanol–water partition coefficient (Wildman–Crippen LogP) is 2.41. The van der Waals surface area contributed by atoms with Gasteiger partial charge >= 0.3 is 0 Å².